The van der Waals surface area contributed by atoms with Crippen LogP contribution in [-0.4, -0.2) is 21.9 Å². The van der Waals surface area contributed by atoms with E-state index in [1.807, 2.05) is 49.4 Å². The zero-order valence-corrected chi connectivity index (χ0v) is 16.4. The Bertz CT molecular complexity index is 1130. The third kappa shape index (κ3) is 4.16. The molecule has 0 saturated heterocycles. The van der Waals surface area contributed by atoms with Gasteiger partial charge < -0.3 is 5.32 Å². The fourth-order valence-electron chi connectivity index (χ4n) is 2.50. The lowest BCUT2D eigenvalue weighted by molar-refractivity contribution is 0.102. The highest BCUT2D eigenvalue weighted by Crippen LogP contribution is 2.26. The summed E-state index contributed by atoms with van der Waals surface area (Å²) in [6.07, 6.45) is 0. The molecule has 2 heterocycles. The van der Waals surface area contributed by atoms with Gasteiger partial charge in [0.05, 0.1) is 10.2 Å². The average molecular weight is 409 g/mol. The molecule has 0 fully saturated rings. The Labute approximate surface area is 168 Å². The fraction of sp³-hybridized carbons (Fsp3) is 0.0526. The summed E-state index contributed by atoms with van der Waals surface area (Å²) in [6, 6.07) is 14.7. The van der Waals surface area contributed by atoms with Crippen LogP contribution in [0.2, 0.25) is 0 Å². The molecule has 0 atom stereocenters. The van der Waals surface area contributed by atoms with Crippen LogP contribution < -0.4 is 16.0 Å². The Hall–Kier alpha value is -3.30. The van der Waals surface area contributed by atoms with Crippen LogP contribution in [0.1, 0.15) is 16.1 Å². The lowest BCUT2D eigenvalue weighted by Crippen LogP contribution is -2.19. The molecule has 140 valence electrons. The second kappa shape index (κ2) is 7.75. The molecule has 2 aromatic carbocycles. The third-order valence-corrected chi connectivity index (χ3v) is 5.46. The number of rotatable bonds is 4. The number of fused-ring (bicyclic) bond motifs is 1. The molecule has 0 aliphatic carbocycles. The number of carbonyl (C=O) groups is 2. The second-order valence-electron chi connectivity index (χ2n) is 5.93. The number of amides is 3. The van der Waals surface area contributed by atoms with Crippen molar-refractivity contribution in [3.63, 3.8) is 0 Å². The number of para-hydroxylation sites is 1. The van der Waals surface area contributed by atoms with Crippen LogP contribution in [0.4, 0.5) is 20.7 Å². The van der Waals surface area contributed by atoms with Gasteiger partial charge in [0.1, 0.15) is 5.69 Å². The molecule has 0 spiro atoms. The minimum absolute atomic E-state index is 0.218. The number of hydrogen-bond donors (Lipinski definition) is 3. The van der Waals surface area contributed by atoms with E-state index >= 15 is 0 Å². The molecule has 4 rings (SSSR count). The number of aromatic nitrogens is 2. The molecule has 2 aromatic heterocycles. The quantitative estimate of drug-likeness (QED) is 0.444. The molecule has 28 heavy (non-hydrogen) atoms. The Kier molecular flexibility index (Phi) is 5.00. The largest absolute Gasteiger partial charge is 0.325 e. The number of nitrogens with zero attached hydrogens (tertiary/aromatic N) is 2. The van der Waals surface area contributed by atoms with E-state index in [0.717, 1.165) is 15.8 Å². The molecular weight excluding hydrogens is 394 g/mol. The van der Waals surface area contributed by atoms with Gasteiger partial charge in [-0.2, -0.15) is 0 Å². The molecule has 3 N–H and O–H groups in total. The fourth-order valence-corrected chi connectivity index (χ4v) is 4.05. The predicted molar refractivity (Wildman–Crippen MR) is 114 cm³/mol. The van der Waals surface area contributed by atoms with E-state index in [2.05, 4.69) is 25.9 Å². The number of benzene rings is 2. The third-order valence-electron chi connectivity index (χ3n) is 3.75. The van der Waals surface area contributed by atoms with Gasteiger partial charge in [0.25, 0.3) is 5.91 Å². The van der Waals surface area contributed by atoms with Crippen LogP contribution in [0.25, 0.3) is 10.2 Å². The van der Waals surface area contributed by atoms with Gasteiger partial charge in [0.15, 0.2) is 10.3 Å². The van der Waals surface area contributed by atoms with Crippen molar-refractivity contribution in [2.24, 2.45) is 0 Å². The van der Waals surface area contributed by atoms with Crippen molar-refractivity contribution in [1.29, 1.82) is 0 Å². The van der Waals surface area contributed by atoms with Crippen LogP contribution >= 0.6 is 22.7 Å². The number of aryl methyl sites for hydroxylation is 1. The van der Waals surface area contributed by atoms with E-state index in [4.69, 9.17) is 0 Å². The van der Waals surface area contributed by atoms with Crippen LogP contribution in [0.15, 0.2) is 53.9 Å². The highest BCUT2D eigenvalue weighted by atomic mass is 32.1. The van der Waals surface area contributed by atoms with Gasteiger partial charge in [-0.15, -0.1) is 11.3 Å². The van der Waals surface area contributed by atoms with Gasteiger partial charge in [-0.05, 0) is 36.8 Å². The average Bonchev–Trinajstić information content (AvgIpc) is 3.27. The van der Waals surface area contributed by atoms with Crippen LogP contribution in [0.5, 0.6) is 0 Å². The lowest BCUT2D eigenvalue weighted by Gasteiger charge is -2.05. The summed E-state index contributed by atoms with van der Waals surface area (Å²) >= 11 is 2.57. The summed E-state index contributed by atoms with van der Waals surface area (Å²) in [7, 11) is 0. The summed E-state index contributed by atoms with van der Waals surface area (Å²) in [6.45, 7) is 1.94. The van der Waals surface area contributed by atoms with Gasteiger partial charge in [-0.25, -0.2) is 14.8 Å². The van der Waals surface area contributed by atoms with Gasteiger partial charge >= 0.3 is 6.03 Å². The monoisotopic (exact) mass is 409 g/mol. The summed E-state index contributed by atoms with van der Waals surface area (Å²) in [5.74, 6) is -0.373. The van der Waals surface area contributed by atoms with E-state index in [9.17, 15) is 9.59 Å². The maximum absolute atomic E-state index is 12.4. The van der Waals surface area contributed by atoms with Gasteiger partial charge in [0, 0.05) is 11.1 Å². The van der Waals surface area contributed by atoms with Gasteiger partial charge in [0.2, 0.25) is 0 Å². The predicted octanol–water partition coefficient (Wildman–Crippen LogP) is 4.96. The summed E-state index contributed by atoms with van der Waals surface area (Å²) in [5.41, 5.74) is 2.77. The first-order valence-electron chi connectivity index (χ1n) is 8.34. The molecule has 0 aliphatic heterocycles. The zero-order valence-electron chi connectivity index (χ0n) is 14.7. The molecule has 0 aliphatic rings. The minimum Gasteiger partial charge on any atom is -0.308 e. The molecule has 0 bridgehead atoms. The normalized spacial score (nSPS) is 10.6. The van der Waals surface area contributed by atoms with Crippen molar-refractivity contribution in [2.45, 2.75) is 6.92 Å². The van der Waals surface area contributed by atoms with E-state index in [-0.39, 0.29) is 11.6 Å². The first-order chi connectivity index (χ1) is 13.6. The van der Waals surface area contributed by atoms with Crippen LogP contribution in [0, 0.1) is 6.92 Å². The highest BCUT2D eigenvalue weighted by molar-refractivity contribution is 7.22. The number of hydrogen-bond acceptors (Lipinski definition) is 6. The molecular formula is C19H15N5O2S2. The van der Waals surface area contributed by atoms with E-state index in [0.29, 0.717) is 16.0 Å². The minimum atomic E-state index is -0.418. The first-order valence-corrected chi connectivity index (χ1v) is 10.0. The molecule has 3 amide bonds. The van der Waals surface area contributed by atoms with Crippen LogP contribution in [-0.2, 0) is 0 Å². The molecule has 0 saturated carbocycles. The molecule has 4 aromatic rings. The van der Waals surface area contributed by atoms with E-state index < -0.39 is 6.03 Å². The van der Waals surface area contributed by atoms with E-state index in [1.54, 1.807) is 11.4 Å². The van der Waals surface area contributed by atoms with Crippen molar-refractivity contribution in [3.05, 3.63) is 65.2 Å². The maximum Gasteiger partial charge on any atom is 0.325 e. The zero-order chi connectivity index (χ0) is 19.5. The van der Waals surface area contributed by atoms with Gasteiger partial charge in [-0.3, -0.25) is 15.4 Å². The summed E-state index contributed by atoms with van der Waals surface area (Å²) < 4.78 is 0.992. The number of thiazole rings is 2. The number of nitrogens with one attached hydrogen (secondary N) is 3. The Morgan fingerprint density at radius 1 is 0.929 bits per heavy atom. The smallest absolute Gasteiger partial charge is 0.308 e. The van der Waals surface area contributed by atoms with Crippen molar-refractivity contribution < 1.29 is 9.59 Å². The molecule has 7 nitrogen and oxygen atoms in total. The second-order valence-corrected chi connectivity index (χ2v) is 7.82. The summed E-state index contributed by atoms with van der Waals surface area (Å²) in [4.78, 5) is 33.0. The Morgan fingerprint density at radius 3 is 2.61 bits per heavy atom. The number of carbonyl (C=O) groups excluding carboxylic acids is 2. The maximum atomic E-state index is 12.4. The van der Waals surface area contributed by atoms with Crippen molar-refractivity contribution in [2.75, 3.05) is 16.0 Å². The SMILES string of the molecule is Cc1cccc(NC(=O)Nc2nc(C(=O)Nc3nc4ccccc4s3)cs2)c1. The van der Waals surface area contributed by atoms with Gasteiger partial charge in [-0.1, -0.05) is 35.6 Å². The Balaban J connectivity index is 1.39. The van der Waals surface area contributed by atoms with E-state index in [1.165, 1.54) is 22.7 Å². The topological polar surface area (TPSA) is 96.0 Å². The first kappa shape index (κ1) is 18.1. The van der Waals surface area contributed by atoms with Crippen molar-refractivity contribution in [3.8, 4) is 0 Å². The molecule has 0 radical (unpaired) electrons. The lowest BCUT2D eigenvalue weighted by atomic mass is 10.2. The highest BCUT2D eigenvalue weighted by Gasteiger charge is 2.14. The Morgan fingerprint density at radius 2 is 1.79 bits per heavy atom. The number of urea groups is 1. The van der Waals surface area contributed by atoms with Crippen LogP contribution in [0.3, 0.4) is 0 Å². The molecule has 9 heteroatoms. The van der Waals surface area contributed by atoms with Crippen molar-refractivity contribution >= 4 is 60.8 Å². The standard InChI is InChI=1S/C19H15N5O2S2/c1-11-5-4-6-12(9-11)20-17(26)24-18-22-14(10-27-18)16(25)23-19-21-13-7-2-3-8-15(13)28-19/h2-10H,1H3,(H,21,23,25)(H2,20,22,24,26). The van der Waals surface area contributed by atoms with Crippen molar-refractivity contribution in [1.82, 2.24) is 9.97 Å². The summed E-state index contributed by atoms with van der Waals surface area (Å²) in [5, 5.41) is 10.5. The number of anilines is 3. The molecule has 0 unspecified atom stereocenters.